The molecular weight excluding hydrogens is 419 g/mol. The summed E-state index contributed by atoms with van der Waals surface area (Å²) in [6.45, 7) is 2.76. The molecule has 5 nitrogen and oxygen atoms in total. The van der Waals surface area contributed by atoms with Crippen LogP contribution in [0.5, 0.6) is 0 Å². The third-order valence-corrected chi connectivity index (χ3v) is 6.26. The first-order chi connectivity index (χ1) is 13.2. The van der Waals surface area contributed by atoms with Gasteiger partial charge in [0.2, 0.25) is 15.9 Å². The Balaban J connectivity index is 1.88. The molecule has 0 saturated carbocycles. The van der Waals surface area contributed by atoms with Crippen LogP contribution in [0, 0.1) is 0 Å². The van der Waals surface area contributed by atoms with Gasteiger partial charge in [-0.1, -0.05) is 60.5 Å². The number of anilines is 1. The Morgan fingerprint density at radius 2 is 1.79 bits per heavy atom. The van der Waals surface area contributed by atoms with E-state index in [1.165, 1.54) is 10.4 Å². The van der Waals surface area contributed by atoms with E-state index >= 15 is 0 Å². The van der Waals surface area contributed by atoms with E-state index in [4.69, 9.17) is 23.2 Å². The zero-order chi connectivity index (χ0) is 20.7. The molecule has 1 amide bonds. The molecule has 0 bridgehead atoms. The summed E-state index contributed by atoms with van der Waals surface area (Å²) < 4.78 is 25.5. The standard InChI is InChI=1S/C20H24Cl2N2O3S/c1-15(16-7-4-3-5-8-16)14-23-20(25)9-6-12-24(28(2,26)27)17-10-11-18(21)19(22)13-17/h3-5,7-8,10-11,13,15H,6,9,12,14H2,1-2H3,(H,23,25). The molecule has 0 aliphatic carbocycles. The number of nitrogens with one attached hydrogen (secondary N) is 1. The molecule has 0 aliphatic rings. The SMILES string of the molecule is CC(CNC(=O)CCCN(c1ccc(Cl)c(Cl)c1)S(C)(=O)=O)c1ccccc1. The average Bonchev–Trinajstić information content (AvgIpc) is 2.65. The van der Waals surface area contributed by atoms with Gasteiger partial charge in [-0.25, -0.2) is 8.42 Å². The van der Waals surface area contributed by atoms with Crippen LogP contribution in [0.1, 0.15) is 31.2 Å². The fraction of sp³-hybridized carbons (Fsp3) is 0.350. The summed E-state index contributed by atoms with van der Waals surface area (Å²) in [5.74, 6) is 0.0965. The van der Waals surface area contributed by atoms with Crippen molar-refractivity contribution in [1.29, 1.82) is 0 Å². The van der Waals surface area contributed by atoms with Crippen molar-refractivity contribution in [1.82, 2.24) is 5.32 Å². The number of carbonyl (C=O) groups excluding carboxylic acids is 1. The van der Waals surface area contributed by atoms with Gasteiger partial charge in [0, 0.05) is 19.5 Å². The van der Waals surface area contributed by atoms with E-state index in [0.717, 1.165) is 11.8 Å². The van der Waals surface area contributed by atoms with Crippen molar-refractivity contribution in [2.24, 2.45) is 0 Å². The van der Waals surface area contributed by atoms with Gasteiger partial charge in [0.1, 0.15) is 0 Å². The Morgan fingerprint density at radius 1 is 1.11 bits per heavy atom. The van der Waals surface area contributed by atoms with E-state index in [0.29, 0.717) is 23.7 Å². The Bertz CT molecular complexity index is 905. The fourth-order valence-electron chi connectivity index (χ4n) is 2.76. The molecule has 2 aromatic carbocycles. The zero-order valence-electron chi connectivity index (χ0n) is 15.9. The van der Waals surface area contributed by atoms with Gasteiger partial charge < -0.3 is 5.32 Å². The number of amides is 1. The maximum Gasteiger partial charge on any atom is 0.232 e. The molecular formula is C20H24Cl2N2O3S. The number of hydrogen-bond acceptors (Lipinski definition) is 3. The first-order valence-corrected chi connectivity index (χ1v) is 11.5. The number of hydrogen-bond donors (Lipinski definition) is 1. The molecule has 1 atom stereocenters. The summed E-state index contributed by atoms with van der Waals surface area (Å²) in [5.41, 5.74) is 1.58. The smallest absolute Gasteiger partial charge is 0.232 e. The summed E-state index contributed by atoms with van der Waals surface area (Å²) >= 11 is 11.9. The van der Waals surface area contributed by atoms with Crippen molar-refractivity contribution < 1.29 is 13.2 Å². The number of benzene rings is 2. The molecule has 28 heavy (non-hydrogen) atoms. The van der Waals surface area contributed by atoms with Crippen molar-refractivity contribution in [2.45, 2.75) is 25.7 Å². The second-order valence-electron chi connectivity index (χ2n) is 6.65. The first-order valence-electron chi connectivity index (χ1n) is 8.93. The van der Waals surface area contributed by atoms with Gasteiger partial charge in [0.25, 0.3) is 0 Å². The van der Waals surface area contributed by atoms with Gasteiger partial charge in [0.15, 0.2) is 0 Å². The number of halogens is 2. The molecule has 2 aromatic rings. The minimum atomic E-state index is -3.51. The van der Waals surface area contributed by atoms with Crippen LogP contribution >= 0.6 is 23.2 Å². The molecule has 0 spiro atoms. The van der Waals surface area contributed by atoms with E-state index in [2.05, 4.69) is 5.32 Å². The third-order valence-electron chi connectivity index (χ3n) is 4.33. The lowest BCUT2D eigenvalue weighted by Crippen LogP contribution is -2.32. The number of nitrogens with zero attached hydrogens (tertiary/aromatic N) is 1. The molecule has 0 radical (unpaired) electrons. The van der Waals surface area contributed by atoms with E-state index in [9.17, 15) is 13.2 Å². The van der Waals surface area contributed by atoms with Crippen LogP contribution in [0.4, 0.5) is 5.69 Å². The molecule has 0 aliphatic heterocycles. The maximum atomic E-state index is 12.1. The van der Waals surface area contributed by atoms with Crippen LogP contribution in [-0.2, 0) is 14.8 Å². The lowest BCUT2D eigenvalue weighted by molar-refractivity contribution is -0.121. The summed E-state index contributed by atoms with van der Waals surface area (Å²) in [7, 11) is -3.51. The summed E-state index contributed by atoms with van der Waals surface area (Å²) in [6.07, 6.45) is 1.74. The predicted molar refractivity (Wildman–Crippen MR) is 116 cm³/mol. The molecule has 0 aromatic heterocycles. The van der Waals surface area contributed by atoms with Gasteiger partial charge in [-0.05, 0) is 36.1 Å². The van der Waals surface area contributed by atoms with E-state index in [1.54, 1.807) is 12.1 Å². The second kappa shape index (κ2) is 10.1. The quantitative estimate of drug-likeness (QED) is 0.623. The molecule has 0 saturated heterocycles. The molecule has 152 valence electrons. The minimum absolute atomic E-state index is 0.106. The van der Waals surface area contributed by atoms with Crippen molar-refractivity contribution in [3.8, 4) is 0 Å². The summed E-state index contributed by atoms with van der Waals surface area (Å²) in [6, 6.07) is 14.6. The highest BCUT2D eigenvalue weighted by Crippen LogP contribution is 2.28. The number of rotatable bonds is 9. The van der Waals surface area contributed by atoms with Crippen LogP contribution in [-0.4, -0.2) is 33.7 Å². The van der Waals surface area contributed by atoms with Crippen LogP contribution in [0.2, 0.25) is 10.0 Å². The van der Waals surface area contributed by atoms with Gasteiger partial charge in [0.05, 0.1) is 22.0 Å². The van der Waals surface area contributed by atoms with Crippen LogP contribution in [0.25, 0.3) is 0 Å². The number of sulfonamides is 1. The van der Waals surface area contributed by atoms with E-state index < -0.39 is 10.0 Å². The number of carbonyl (C=O) groups is 1. The van der Waals surface area contributed by atoms with Crippen LogP contribution < -0.4 is 9.62 Å². The third kappa shape index (κ3) is 6.69. The Morgan fingerprint density at radius 3 is 2.39 bits per heavy atom. The van der Waals surface area contributed by atoms with Gasteiger partial charge in [-0.15, -0.1) is 0 Å². The first kappa shape index (κ1) is 22.5. The molecule has 2 rings (SSSR count). The zero-order valence-corrected chi connectivity index (χ0v) is 18.2. The summed E-state index contributed by atoms with van der Waals surface area (Å²) in [4.78, 5) is 12.1. The minimum Gasteiger partial charge on any atom is -0.356 e. The normalized spacial score (nSPS) is 12.4. The van der Waals surface area contributed by atoms with Crippen LogP contribution in [0.3, 0.4) is 0 Å². The Kier molecular flexibility index (Phi) is 8.16. The van der Waals surface area contributed by atoms with Crippen molar-refractivity contribution in [2.75, 3.05) is 23.7 Å². The van der Waals surface area contributed by atoms with E-state index in [-0.39, 0.29) is 29.8 Å². The molecule has 1 unspecified atom stereocenters. The lowest BCUT2D eigenvalue weighted by atomic mass is 10.0. The molecule has 8 heteroatoms. The highest BCUT2D eigenvalue weighted by Gasteiger charge is 2.18. The van der Waals surface area contributed by atoms with Gasteiger partial charge >= 0.3 is 0 Å². The molecule has 1 N–H and O–H groups in total. The van der Waals surface area contributed by atoms with Crippen molar-refractivity contribution in [3.05, 3.63) is 64.1 Å². The van der Waals surface area contributed by atoms with Crippen LogP contribution in [0.15, 0.2) is 48.5 Å². The van der Waals surface area contributed by atoms with Gasteiger partial charge in [-0.3, -0.25) is 9.10 Å². The van der Waals surface area contributed by atoms with E-state index in [1.807, 2.05) is 37.3 Å². The molecule has 0 heterocycles. The fourth-order valence-corrected chi connectivity index (χ4v) is 4.01. The summed E-state index contributed by atoms with van der Waals surface area (Å²) in [5, 5.41) is 3.54. The molecule has 0 fully saturated rings. The highest BCUT2D eigenvalue weighted by molar-refractivity contribution is 7.92. The predicted octanol–water partition coefficient (Wildman–Crippen LogP) is 4.46. The lowest BCUT2D eigenvalue weighted by Gasteiger charge is -2.22. The average molecular weight is 443 g/mol. The largest absolute Gasteiger partial charge is 0.356 e. The monoisotopic (exact) mass is 442 g/mol. The topological polar surface area (TPSA) is 66.5 Å². The Hall–Kier alpha value is -1.76. The highest BCUT2D eigenvalue weighted by atomic mass is 35.5. The van der Waals surface area contributed by atoms with Crippen molar-refractivity contribution in [3.63, 3.8) is 0 Å². The van der Waals surface area contributed by atoms with Crippen molar-refractivity contribution >= 4 is 44.8 Å². The van der Waals surface area contributed by atoms with Gasteiger partial charge in [-0.2, -0.15) is 0 Å². The Labute approximate surface area is 176 Å². The second-order valence-corrected chi connectivity index (χ2v) is 9.37. The maximum absolute atomic E-state index is 12.1.